The second kappa shape index (κ2) is 6.81. The van der Waals surface area contributed by atoms with Crippen LogP contribution < -0.4 is 9.47 Å². The predicted molar refractivity (Wildman–Crippen MR) is 81.2 cm³/mol. The highest BCUT2D eigenvalue weighted by Crippen LogP contribution is 2.34. The molecule has 2 aromatic carbocycles. The monoisotopic (exact) mass is 304 g/mol. The van der Waals surface area contributed by atoms with Gasteiger partial charge in [-0.2, -0.15) is 0 Å². The minimum Gasteiger partial charge on any atom is -0.493 e. The summed E-state index contributed by atoms with van der Waals surface area (Å²) in [6.45, 7) is 0. The molecule has 0 heterocycles. The molecule has 0 saturated carbocycles. The number of halogens is 1. The number of carboxylic acid groups (broad SMARTS) is 1. The third-order valence-electron chi connectivity index (χ3n) is 2.67. The maximum atomic E-state index is 10.6. The first-order valence-corrected chi connectivity index (χ1v) is 6.49. The van der Waals surface area contributed by atoms with Gasteiger partial charge in [0.05, 0.1) is 7.11 Å². The zero-order valence-electron chi connectivity index (χ0n) is 11.2. The number of methoxy groups -OCH3 is 1. The van der Waals surface area contributed by atoms with Crippen LogP contribution in [0.1, 0.15) is 5.56 Å². The van der Waals surface area contributed by atoms with E-state index in [9.17, 15) is 4.79 Å². The van der Waals surface area contributed by atoms with Crippen molar-refractivity contribution in [2.75, 3.05) is 7.11 Å². The van der Waals surface area contributed by atoms with Crippen molar-refractivity contribution < 1.29 is 19.4 Å². The Morgan fingerprint density at radius 2 is 1.86 bits per heavy atom. The first-order chi connectivity index (χ1) is 10.1. The Morgan fingerprint density at radius 1 is 1.14 bits per heavy atom. The van der Waals surface area contributed by atoms with Crippen molar-refractivity contribution in [3.8, 4) is 17.2 Å². The van der Waals surface area contributed by atoms with Crippen molar-refractivity contribution in [1.29, 1.82) is 0 Å². The van der Waals surface area contributed by atoms with Crippen LogP contribution in [0.25, 0.3) is 6.08 Å². The molecule has 0 amide bonds. The lowest BCUT2D eigenvalue weighted by atomic mass is 10.2. The number of benzene rings is 2. The van der Waals surface area contributed by atoms with Crippen LogP contribution in [-0.4, -0.2) is 18.2 Å². The number of para-hydroxylation sites is 2. The average Bonchev–Trinajstić information content (AvgIpc) is 2.47. The van der Waals surface area contributed by atoms with Crippen molar-refractivity contribution in [3.63, 3.8) is 0 Å². The maximum Gasteiger partial charge on any atom is 0.328 e. The summed E-state index contributed by atoms with van der Waals surface area (Å²) in [6.07, 6.45) is 2.49. The highest BCUT2D eigenvalue weighted by molar-refractivity contribution is 6.30. The van der Waals surface area contributed by atoms with Gasteiger partial charge in [-0.25, -0.2) is 4.79 Å². The number of rotatable bonds is 5. The van der Waals surface area contributed by atoms with E-state index in [1.807, 2.05) is 12.1 Å². The van der Waals surface area contributed by atoms with E-state index in [4.69, 9.17) is 26.2 Å². The summed E-state index contributed by atoms with van der Waals surface area (Å²) in [5.74, 6) is 0.510. The Kier molecular flexibility index (Phi) is 4.85. The minimum absolute atomic E-state index is 0.449. The van der Waals surface area contributed by atoms with Crippen LogP contribution in [0.5, 0.6) is 17.2 Å². The molecule has 0 aliphatic carbocycles. The number of aliphatic carboxylic acids is 1. The second-order valence-electron chi connectivity index (χ2n) is 4.11. The van der Waals surface area contributed by atoms with Gasteiger partial charge in [-0.15, -0.1) is 0 Å². The van der Waals surface area contributed by atoms with E-state index in [1.165, 1.54) is 6.08 Å². The Balaban J connectivity index is 2.38. The summed E-state index contributed by atoms with van der Waals surface area (Å²) < 4.78 is 11.0. The van der Waals surface area contributed by atoms with Gasteiger partial charge in [-0.1, -0.05) is 23.7 Å². The third kappa shape index (κ3) is 4.00. The van der Waals surface area contributed by atoms with Gasteiger partial charge in [0.25, 0.3) is 0 Å². The molecule has 108 valence electrons. The van der Waals surface area contributed by atoms with E-state index >= 15 is 0 Å². The molecule has 0 unspecified atom stereocenters. The summed E-state index contributed by atoms with van der Waals surface area (Å²) in [6, 6.07) is 12.1. The third-order valence-corrected chi connectivity index (χ3v) is 2.91. The predicted octanol–water partition coefficient (Wildman–Crippen LogP) is 4.24. The second-order valence-corrected chi connectivity index (χ2v) is 4.54. The lowest BCUT2D eigenvalue weighted by Crippen LogP contribution is -1.92. The van der Waals surface area contributed by atoms with Gasteiger partial charge in [0.1, 0.15) is 5.75 Å². The SMILES string of the molecule is COc1ccccc1Oc1cc(Cl)ccc1/C=C/C(=O)O. The maximum absolute atomic E-state index is 10.6. The Hall–Kier alpha value is -2.46. The molecule has 0 aliphatic heterocycles. The number of carbonyl (C=O) groups is 1. The molecule has 0 bridgehead atoms. The quantitative estimate of drug-likeness (QED) is 0.839. The zero-order valence-corrected chi connectivity index (χ0v) is 12.0. The molecule has 5 heteroatoms. The van der Waals surface area contributed by atoms with Gasteiger partial charge in [-0.05, 0) is 30.3 Å². The number of ether oxygens (including phenoxy) is 2. The molecule has 21 heavy (non-hydrogen) atoms. The largest absolute Gasteiger partial charge is 0.493 e. The highest BCUT2D eigenvalue weighted by Gasteiger charge is 2.08. The molecule has 0 spiro atoms. The molecule has 0 aliphatic rings. The molecule has 2 rings (SSSR count). The van der Waals surface area contributed by atoms with Gasteiger partial charge in [-0.3, -0.25) is 0 Å². The number of carboxylic acids is 1. The normalized spacial score (nSPS) is 10.6. The van der Waals surface area contributed by atoms with Crippen LogP contribution in [-0.2, 0) is 4.79 Å². The standard InChI is InChI=1S/C16H13ClO4/c1-20-13-4-2-3-5-14(13)21-15-10-12(17)8-6-11(15)7-9-16(18)19/h2-10H,1H3,(H,18,19)/b9-7+. The van der Waals surface area contributed by atoms with E-state index in [1.54, 1.807) is 37.4 Å². The van der Waals surface area contributed by atoms with Crippen molar-refractivity contribution >= 4 is 23.6 Å². The van der Waals surface area contributed by atoms with E-state index < -0.39 is 5.97 Å². The summed E-state index contributed by atoms with van der Waals surface area (Å²) in [4.78, 5) is 10.6. The topological polar surface area (TPSA) is 55.8 Å². The molecule has 0 fully saturated rings. The lowest BCUT2D eigenvalue weighted by molar-refractivity contribution is -0.131. The minimum atomic E-state index is -1.03. The van der Waals surface area contributed by atoms with Gasteiger partial charge in [0, 0.05) is 22.7 Å². The molecule has 4 nitrogen and oxygen atoms in total. The Bertz CT molecular complexity index is 680. The average molecular weight is 305 g/mol. The molecule has 0 radical (unpaired) electrons. The molecular weight excluding hydrogens is 292 g/mol. The first-order valence-electron chi connectivity index (χ1n) is 6.11. The van der Waals surface area contributed by atoms with Gasteiger partial charge >= 0.3 is 5.97 Å². The van der Waals surface area contributed by atoms with Gasteiger partial charge < -0.3 is 14.6 Å². The molecule has 1 N–H and O–H groups in total. The van der Waals surface area contributed by atoms with E-state index in [2.05, 4.69) is 0 Å². The molecular formula is C16H13ClO4. The Morgan fingerprint density at radius 3 is 2.52 bits per heavy atom. The summed E-state index contributed by atoms with van der Waals surface area (Å²) in [7, 11) is 1.55. The number of hydrogen-bond acceptors (Lipinski definition) is 3. The number of hydrogen-bond donors (Lipinski definition) is 1. The highest BCUT2D eigenvalue weighted by atomic mass is 35.5. The fraction of sp³-hybridized carbons (Fsp3) is 0.0625. The van der Waals surface area contributed by atoms with Crippen molar-refractivity contribution in [2.24, 2.45) is 0 Å². The lowest BCUT2D eigenvalue weighted by Gasteiger charge is -2.12. The van der Waals surface area contributed by atoms with Crippen molar-refractivity contribution in [1.82, 2.24) is 0 Å². The smallest absolute Gasteiger partial charge is 0.328 e. The van der Waals surface area contributed by atoms with Crippen LogP contribution in [0.4, 0.5) is 0 Å². The summed E-state index contributed by atoms with van der Waals surface area (Å²) >= 11 is 5.97. The molecule has 0 atom stereocenters. The zero-order chi connectivity index (χ0) is 15.2. The van der Waals surface area contributed by atoms with Crippen molar-refractivity contribution in [3.05, 3.63) is 59.1 Å². The van der Waals surface area contributed by atoms with Crippen LogP contribution in [0.3, 0.4) is 0 Å². The molecule has 0 aromatic heterocycles. The van der Waals surface area contributed by atoms with E-state index in [0.29, 0.717) is 27.8 Å². The van der Waals surface area contributed by atoms with Gasteiger partial charge in [0.15, 0.2) is 11.5 Å². The van der Waals surface area contributed by atoms with Crippen LogP contribution >= 0.6 is 11.6 Å². The van der Waals surface area contributed by atoms with Crippen LogP contribution in [0, 0.1) is 0 Å². The molecule has 2 aromatic rings. The van der Waals surface area contributed by atoms with Gasteiger partial charge in [0.2, 0.25) is 0 Å². The van der Waals surface area contributed by atoms with Crippen LogP contribution in [0.15, 0.2) is 48.5 Å². The fourth-order valence-electron chi connectivity index (χ4n) is 1.72. The van der Waals surface area contributed by atoms with E-state index in [-0.39, 0.29) is 0 Å². The van der Waals surface area contributed by atoms with E-state index in [0.717, 1.165) is 6.08 Å². The van der Waals surface area contributed by atoms with Crippen molar-refractivity contribution in [2.45, 2.75) is 0 Å². The summed E-state index contributed by atoms with van der Waals surface area (Å²) in [5.41, 5.74) is 0.604. The fourth-order valence-corrected chi connectivity index (χ4v) is 1.88. The molecule has 0 saturated heterocycles. The van der Waals surface area contributed by atoms with Crippen LogP contribution in [0.2, 0.25) is 5.02 Å². The summed E-state index contributed by atoms with van der Waals surface area (Å²) in [5, 5.41) is 9.21. The Labute approximate surface area is 127 Å². The first kappa shape index (κ1) is 14.9.